The Morgan fingerprint density at radius 3 is 2.81 bits per heavy atom. The van der Waals surface area contributed by atoms with E-state index >= 15 is 0 Å². The van der Waals surface area contributed by atoms with Gasteiger partial charge in [0.15, 0.2) is 5.84 Å². The second-order valence-electron chi connectivity index (χ2n) is 4.68. The number of carbonyl (C=O) groups is 1. The molecule has 21 heavy (non-hydrogen) atoms. The van der Waals surface area contributed by atoms with Crippen molar-refractivity contribution in [2.45, 2.75) is 12.0 Å². The van der Waals surface area contributed by atoms with E-state index in [1.165, 1.54) is 0 Å². The van der Waals surface area contributed by atoms with E-state index in [1.807, 2.05) is 6.07 Å². The lowest BCUT2D eigenvalue weighted by atomic mass is 9.97. The summed E-state index contributed by atoms with van der Waals surface area (Å²) in [5.74, 6) is -1.33. The topological polar surface area (TPSA) is 106 Å². The van der Waals surface area contributed by atoms with Gasteiger partial charge >= 0.3 is 0 Å². The Morgan fingerprint density at radius 1 is 1.43 bits per heavy atom. The molecule has 1 aromatic carbocycles. The lowest BCUT2D eigenvalue weighted by Crippen LogP contribution is -2.43. The van der Waals surface area contributed by atoms with Crippen LogP contribution in [0.25, 0.3) is 0 Å². The molecule has 0 bridgehead atoms. The molecule has 2 unspecified atom stereocenters. The molecule has 2 atom stereocenters. The molecule has 0 aromatic heterocycles. The molecule has 1 aliphatic rings. The summed E-state index contributed by atoms with van der Waals surface area (Å²) in [6.45, 7) is 1.85. The Hall–Kier alpha value is -2.12. The van der Waals surface area contributed by atoms with Crippen LogP contribution in [-0.4, -0.2) is 49.4 Å². The van der Waals surface area contributed by atoms with Gasteiger partial charge in [0.25, 0.3) is 0 Å². The number of nitrogens with zero attached hydrogens (tertiary/aromatic N) is 1. The molecule has 1 fully saturated rings. The third kappa shape index (κ3) is 4.17. The van der Waals surface area contributed by atoms with Crippen LogP contribution in [-0.2, 0) is 14.3 Å². The van der Waals surface area contributed by atoms with Gasteiger partial charge in [-0.2, -0.15) is 0 Å². The third-order valence-corrected chi connectivity index (χ3v) is 3.20. The molecular weight excluding hydrogens is 274 g/mol. The molecule has 1 heterocycles. The highest BCUT2D eigenvalue weighted by Crippen LogP contribution is 2.16. The largest absolute Gasteiger partial charge is 0.409 e. The number of hydrogen-bond acceptors (Lipinski definition) is 5. The second kappa shape index (κ2) is 7.61. The lowest BCUT2D eigenvalue weighted by Gasteiger charge is -2.24. The number of hydrogen-bond donors (Lipinski definition) is 3. The number of ether oxygens (including phenoxy) is 2. The Bertz CT molecular complexity index is 486. The van der Waals surface area contributed by atoms with Gasteiger partial charge in [-0.15, -0.1) is 0 Å². The Morgan fingerprint density at radius 2 is 2.19 bits per heavy atom. The normalized spacial score (nSPS) is 20.8. The van der Waals surface area contributed by atoms with Crippen molar-refractivity contribution < 1.29 is 19.5 Å². The van der Waals surface area contributed by atoms with E-state index in [4.69, 9.17) is 20.4 Å². The lowest BCUT2D eigenvalue weighted by molar-refractivity contribution is -0.124. The number of oxime groups is 1. The summed E-state index contributed by atoms with van der Waals surface area (Å²) >= 11 is 0. The summed E-state index contributed by atoms with van der Waals surface area (Å²) in [6, 6.07) is 8.92. The van der Waals surface area contributed by atoms with Crippen molar-refractivity contribution in [1.29, 1.82) is 0 Å². The molecule has 1 saturated heterocycles. The van der Waals surface area contributed by atoms with Crippen LogP contribution in [0.3, 0.4) is 0 Å². The van der Waals surface area contributed by atoms with Crippen molar-refractivity contribution >= 4 is 11.7 Å². The fourth-order valence-corrected chi connectivity index (χ4v) is 2.13. The molecule has 0 aliphatic carbocycles. The first-order valence-electron chi connectivity index (χ1n) is 6.71. The Labute approximate surface area is 122 Å². The van der Waals surface area contributed by atoms with Gasteiger partial charge in [0.2, 0.25) is 5.91 Å². The average molecular weight is 293 g/mol. The molecule has 0 radical (unpaired) electrons. The van der Waals surface area contributed by atoms with Gasteiger partial charge in [0.05, 0.1) is 25.9 Å². The minimum atomic E-state index is -0.833. The van der Waals surface area contributed by atoms with Crippen molar-refractivity contribution in [3.63, 3.8) is 0 Å². The summed E-state index contributed by atoms with van der Waals surface area (Å²) in [7, 11) is 0. The zero-order valence-corrected chi connectivity index (χ0v) is 11.6. The molecule has 1 amide bonds. The van der Waals surface area contributed by atoms with E-state index in [2.05, 4.69) is 10.5 Å². The molecule has 2 rings (SSSR count). The van der Waals surface area contributed by atoms with Gasteiger partial charge in [-0.3, -0.25) is 4.79 Å². The minimum Gasteiger partial charge on any atom is -0.409 e. The molecule has 0 saturated carbocycles. The van der Waals surface area contributed by atoms with E-state index < -0.39 is 5.92 Å². The van der Waals surface area contributed by atoms with Gasteiger partial charge in [-0.05, 0) is 5.56 Å². The number of amidine groups is 1. The fourth-order valence-electron chi connectivity index (χ4n) is 2.13. The first-order valence-corrected chi connectivity index (χ1v) is 6.71. The van der Waals surface area contributed by atoms with Crippen LogP contribution in [0.1, 0.15) is 11.5 Å². The maximum atomic E-state index is 12.3. The van der Waals surface area contributed by atoms with Crippen LogP contribution in [0.15, 0.2) is 35.5 Å². The summed E-state index contributed by atoms with van der Waals surface area (Å²) in [4.78, 5) is 12.3. The maximum absolute atomic E-state index is 12.3. The van der Waals surface area contributed by atoms with Crippen molar-refractivity contribution in [2.24, 2.45) is 10.9 Å². The van der Waals surface area contributed by atoms with Crippen LogP contribution in [0.2, 0.25) is 0 Å². The van der Waals surface area contributed by atoms with E-state index in [9.17, 15) is 4.79 Å². The first kappa shape index (κ1) is 15.3. The second-order valence-corrected chi connectivity index (χ2v) is 4.68. The smallest absolute Gasteiger partial charge is 0.235 e. The van der Waals surface area contributed by atoms with Gasteiger partial charge in [-0.1, -0.05) is 35.5 Å². The zero-order valence-electron chi connectivity index (χ0n) is 11.6. The molecule has 0 spiro atoms. The molecule has 114 valence electrons. The summed E-state index contributed by atoms with van der Waals surface area (Å²) in [6.07, 6.45) is -0.175. The minimum absolute atomic E-state index is 0.153. The SMILES string of the molecule is NC(=NO)C(C(=O)NCC1COCCO1)c1ccccc1. The van der Waals surface area contributed by atoms with Crippen LogP contribution < -0.4 is 11.1 Å². The number of nitrogens with two attached hydrogens (primary N) is 1. The molecular formula is C14H19N3O4. The quantitative estimate of drug-likeness (QED) is 0.308. The van der Waals surface area contributed by atoms with Crippen molar-refractivity contribution in [1.82, 2.24) is 5.32 Å². The number of nitrogens with one attached hydrogen (secondary N) is 1. The molecule has 1 aromatic rings. The first-order chi connectivity index (χ1) is 10.2. The van der Waals surface area contributed by atoms with Gasteiger partial charge in [-0.25, -0.2) is 0 Å². The van der Waals surface area contributed by atoms with E-state index in [0.717, 1.165) is 0 Å². The van der Waals surface area contributed by atoms with E-state index in [0.29, 0.717) is 31.9 Å². The zero-order chi connectivity index (χ0) is 15.1. The summed E-state index contributed by atoms with van der Waals surface area (Å²) in [5, 5.41) is 14.6. The van der Waals surface area contributed by atoms with Crippen LogP contribution >= 0.6 is 0 Å². The predicted molar refractivity (Wildman–Crippen MR) is 76.2 cm³/mol. The Kier molecular flexibility index (Phi) is 5.53. The fraction of sp³-hybridized carbons (Fsp3) is 0.429. The highest BCUT2D eigenvalue weighted by atomic mass is 16.6. The molecule has 4 N–H and O–H groups in total. The van der Waals surface area contributed by atoms with Crippen molar-refractivity contribution in [3.8, 4) is 0 Å². The molecule has 7 nitrogen and oxygen atoms in total. The van der Waals surface area contributed by atoms with Crippen molar-refractivity contribution in [2.75, 3.05) is 26.4 Å². The molecule has 1 aliphatic heterocycles. The van der Waals surface area contributed by atoms with E-state index in [1.54, 1.807) is 24.3 Å². The third-order valence-electron chi connectivity index (χ3n) is 3.20. The standard InChI is InChI=1S/C14H19N3O4/c15-13(17-19)12(10-4-2-1-3-5-10)14(18)16-8-11-9-20-6-7-21-11/h1-5,11-12,19H,6-9H2,(H2,15,17)(H,16,18). The average Bonchev–Trinajstić information content (AvgIpc) is 2.55. The predicted octanol–water partition coefficient (Wildman–Crippen LogP) is 0.0482. The number of benzene rings is 1. The van der Waals surface area contributed by atoms with Gasteiger partial charge in [0, 0.05) is 6.54 Å². The van der Waals surface area contributed by atoms with Crippen molar-refractivity contribution in [3.05, 3.63) is 35.9 Å². The summed E-state index contributed by atoms with van der Waals surface area (Å²) in [5.41, 5.74) is 6.30. The Balaban J connectivity index is 2.01. The maximum Gasteiger partial charge on any atom is 0.235 e. The highest BCUT2D eigenvalue weighted by molar-refractivity contribution is 6.07. The summed E-state index contributed by atoms with van der Waals surface area (Å²) < 4.78 is 10.7. The van der Waals surface area contributed by atoms with Crippen LogP contribution in [0, 0.1) is 0 Å². The molecule has 7 heteroatoms. The van der Waals surface area contributed by atoms with Crippen LogP contribution in [0.5, 0.6) is 0 Å². The van der Waals surface area contributed by atoms with Gasteiger partial charge < -0.3 is 25.7 Å². The highest BCUT2D eigenvalue weighted by Gasteiger charge is 2.26. The number of rotatable bonds is 5. The monoisotopic (exact) mass is 293 g/mol. The number of carbonyl (C=O) groups excluding carboxylic acids is 1. The van der Waals surface area contributed by atoms with Gasteiger partial charge in [0.1, 0.15) is 5.92 Å². The number of amides is 1. The van der Waals surface area contributed by atoms with E-state index in [-0.39, 0.29) is 17.8 Å². The van der Waals surface area contributed by atoms with Crippen LogP contribution in [0.4, 0.5) is 0 Å².